The SMILES string of the molecule is Cc1cccc(CC2(C)CCCN2C(=O)Cn2cc(C(=O)O)cn2)c1. The molecule has 6 nitrogen and oxygen atoms in total. The molecule has 1 fully saturated rings. The normalized spacial score (nSPS) is 20.0. The van der Waals surface area contributed by atoms with E-state index in [1.807, 2.05) is 11.0 Å². The Labute approximate surface area is 147 Å². The zero-order chi connectivity index (χ0) is 18.0. The molecular formula is C19H23N3O3. The predicted octanol–water partition coefficient (Wildman–Crippen LogP) is 2.51. The van der Waals surface area contributed by atoms with Gasteiger partial charge in [-0.1, -0.05) is 29.8 Å². The third-order valence-electron chi connectivity index (χ3n) is 4.89. The number of aromatic nitrogens is 2. The second kappa shape index (κ2) is 6.70. The molecule has 1 N–H and O–H groups in total. The number of amides is 1. The summed E-state index contributed by atoms with van der Waals surface area (Å²) in [7, 11) is 0. The van der Waals surface area contributed by atoms with Crippen LogP contribution >= 0.6 is 0 Å². The van der Waals surface area contributed by atoms with Gasteiger partial charge in [-0.05, 0) is 38.7 Å². The van der Waals surface area contributed by atoms with Crippen LogP contribution in [-0.2, 0) is 17.8 Å². The Hall–Kier alpha value is -2.63. The molecule has 0 radical (unpaired) electrons. The summed E-state index contributed by atoms with van der Waals surface area (Å²) in [4.78, 5) is 25.7. The number of carbonyl (C=O) groups is 2. The first kappa shape index (κ1) is 17.2. The number of hydrogen-bond donors (Lipinski definition) is 1. The molecule has 1 unspecified atom stereocenters. The molecule has 1 saturated heterocycles. The third-order valence-corrected chi connectivity index (χ3v) is 4.89. The van der Waals surface area contributed by atoms with Crippen LogP contribution in [0.3, 0.4) is 0 Å². The van der Waals surface area contributed by atoms with E-state index in [4.69, 9.17) is 5.11 Å². The number of benzene rings is 1. The predicted molar refractivity (Wildman–Crippen MR) is 93.4 cm³/mol. The lowest BCUT2D eigenvalue weighted by Crippen LogP contribution is -2.47. The van der Waals surface area contributed by atoms with E-state index in [1.54, 1.807) is 0 Å². The van der Waals surface area contributed by atoms with E-state index >= 15 is 0 Å². The molecule has 6 heteroatoms. The van der Waals surface area contributed by atoms with Crippen molar-refractivity contribution in [3.05, 3.63) is 53.3 Å². The van der Waals surface area contributed by atoms with E-state index in [-0.39, 0.29) is 23.6 Å². The molecule has 0 aliphatic carbocycles. The van der Waals surface area contributed by atoms with E-state index in [2.05, 4.69) is 37.1 Å². The summed E-state index contributed by atoms with van der Waals surface area (Å²) < 4.78 is 1.40. The lowest BCUT2D eigenvalue weighted by atomic mass is 9.89. The minimum Gasteiger partial charge on any atom is -0.478 e. The molecule has 1 aromatic heterocycles. The number of carboxylic acid groups (broad SMARTS) is 1. The van der Waals surface area contributed by atoms with Crippen molar-refractivity contribution in [3.8, 4) is 0 Å². The van der Waals surface area contributed by atoms with Gasteiger partial charge in [-0.25, -0.2) is 4.79 Å². The van der Waals surface area contributed by atoms with Crippen LogP contribution in [0, 0.1) is 6.92 Å². The zero-order valence-corrected chi connectivity index (χ0v) is 14.6. The fourth-order valence-electron chi connectivity index (χ4n) is 3.68. The minimum absolute atomic E-state index is 0.0207. The summed E-state index contributed by atoms with van der Waals surface area (Å²) in [5.41, 5.74) is 2.33. The largest absolute Gasteiger partial charge is 0.478 e. The van der Waals surface area contributed by atoms with Gasteiger partial charge >= 0.3 is 5.97 Å². The van der Waals surface area contributed by atoms with E-state index < -0.39 is 5.97 Å². The summed E-state index contributed by atoms with van der Waals surface area (Å²) in [5, 5.41) is 12.9. The number of hydrogen-bond acceptors (Lipinski definition) is 3. The molecule has 1 aliphatic heterocycles. The summed E-state index contributed by atoms with van der Waals surface area (Å²) in [6.45, 7) is 5.00. The number of likely N-dealkylation sites (tertiary alicyclic amines) is 1. The highest BCUT2D eigenvalue weighted by Gasteiger charge is 2.39. The van der Waals surface area contributed by atoms with Crippen molar-refractivity contribution in [2.75, 3.05) is 6.54 Å². The lowest BCUT2D eigenvalue weighted by molar-refractivity contribution is -0.135. The highest BCUT2D eigenvalue weighted by atomic mass is 16.4. The lowest BCUT2D eigenvalue weighted by Gasteiger charge is -2.35. The molecule has 1 amide bonds. The number of carbonyl (C=O) groups excluding carboxylic acids is 1. The quantitative estimate of drug-likeness (QED) is 0.907. The Balaban J connectivity index is 1.73. The van der Waals surface area contributed by atoms with Gasteiger partial charge < -0.3 is 10.0 Å². The first-order valence-corrected chi connectivity index (χ1v) is 8.49. The monoisotopic (exact) mass is 341 g/mol. The molecule has 2 aromatic rings. The van der Waals surface area contributed by atoms with Gasteiger partial charge in [0.05, 0.1) is 11.8 Å². The van der Waals surface area contributed by atoms with E-state index in [0.717, 1.165) is 25.8 Å². The molecule has 1 atom stereocenters. The van der Waals surface area contributed by atoms with E-state index in [0.29, 0.717) is 0 Å². The summed E-state index contributed by atoms with van der Waals surface area (Å²) in [5.74, 6) is -1.06. The van der Waals surface area contributed by atoms with Gasteiger partial charge in [-0.15, -0.1) is 0 Å². The van der Waals surface area contributed by atoms with Crippen LogP contribution in [0.2, 0.25) is 0 Å². The van der Waals surface area contributed by atoms with Gasteiger partial charge in [0.1, 0.15) is 6.54 Å². The van der Waals surface area contributed by atoms with Crippen molar-refractivity contribution in [1.82, 2.24) is 14.7 Å². The molecule has 0 saturated carbocycles. The Morgan fingerprint density at radius 2 is 2.16 bits per heavy atom. The summed E-state index contributed by atoms with van der Waals surface area (Å²) in [6.07, 6.45) is 5.43. The van der Waals surface area contributed by atoms with Crippen molar-refractivity contribution in [3.63, 3.8) is 0 Å². The van der Waals surface area contributed by atoms with Crippen molar-refractivity contribution in [2.45, 2.75) is 45.2 Å². The van der Waals surface area contributed by atoms with Crippen molar-refractivity contribution >= 4 is 11.9 Å². The smallest absolute Gasteiger partial charge is 0.338 e. The molecule has 0 spiro atoms. The molecule has 25 heavy (non-hydrogen) atoms. The standard InChI is InChI=1S/C19H23N3O3/c1-14-5-3-6-15(9-14)10-19(2)7-4-8-22(19)17(23)13-21-12-16(11-20-21)18(24)25/h3,5-6,9,11-12H,4,7-8,10,13H2,1-2H3,(H,24,25). The van der Waals surface area contributed by atoms with Crippen LogP contribution < -0.4 is 0 Å². The fraction of sp³-hybridized carbons (Fsp3) is 0.421. The second-order valence-electron chi connectivity index (χ2n) is 7.04. The molecule has 3 rings (SSSR count). The zero-order valence-electron chi connectivity index (χ0n) is 14.6. The average Bonchev–Trinajstić information content (AvgIpc) is 3.14. The number of aryl methyl sites for hydroxylation is 1. The molecule has 132 valence electrons. The molecule has 0 bridgehead atoms. The van der Waals surface area contributed by atoms with Gasteiger partial charge in [0.2, 0.25) is 5.91 Å². The average molecular weight is 341 g/mol. The number of rotatable bonds is 5. The van der Waals surface area contributed by atoms with Crippen LogP contribution in [-0.4, -0.2) is 43.7 Å². The van der Waals surface area contributed by atoms with Gasteiger partial charge in [0.25, 0.3) is 0 Å². The van der Waals surface area contributed by atoms with Crippen molar-refractivity contribution in [2.24, 2.45) is 0 Å². The molecule has 1 aliphatic rings. The highest BCUT2D eigenvalue weighted by Crippen LogP contribution is 2.32. The Kier molecular flexibility index (Phi) is 4.61. The van der Waals surface area contributed by atoms with E-state index in [1.165, 1.54) is 28.2 Å². The van der Waals surface area contributed by atoms with Crippen LogP contribution in [0.1, 0.15) is 41.3 Å². The van der Waals surface area contributed by atoms with Crippen LogP contribution in [0.4, 0.5) is 0 Å². The number of carboxylic acids is 1. The van der Waals surface area contributed by atoms with Crippen molar-refractivity contribution in [1.29, 1.82) is 0 Å². The van der Waals surface area contributed by atoms with Gasteiger partial charge in [-0.3, -0.25) is 9.48 Å². The first-order chi connectivity index (χ1) is 11.9. The van der Waals surface area contributed by atoms with Crippen LogP contribution in [0.25, 0.3) is 0 Å². The number of nitrogens with zero attached hydrogens (tertiary/aromatic N) is 3. The highest BCUT2D eigenvalue weighted by molar-refractivity contribution is 5.87. The fourth-order valence-corrected chi connectivity index (χ4v) is 3.68. The van der Waals surface area contributed by atoms with Gasteiger partial charge in [-0.2, -0.15) is 5.10 Å². The maximum Gasteiger partial charge on any atom is 0.338 e. The van der Waals surface area contributed by atoms with Gasteiger partial charge in [0, 0.05) is 18.3 Å². The first-order valence-electron chi connectivity index (χ1n) is 8.49. The van der Waals surface area contributed by atoms with Crippen LogP contribution in [0.15, 0.2) is 36.7 Å². The topological polar surface area (TPSA) is 75.4 Å². The maximum atomic E-state index is 12.8. The Morgan fingerprint density at radius 3 is 2.84 bits per heavy atom. The molecule has 2 heterocycles. The van der Waals surface area contributed by atoms with Crippen molar-refractivity contribution < 1.29 is 14.7 Å². The minimum atomic E-state index is -1.04. The summed E-state index contributed by atoms with van der Waals surface area (Å²) >= 11 is 0. The van der Waals surface area contributed by atoms with Gasteiger partial charge in [0.15, 0.2) is 0 Å². The Bertz CT molecular complexity index is 799. The maximum absolute atomic E-state index is 12.8. The Morgan fingerprint density at radius 1 is 1.36 bits per heavy atom. The summed E-state index contributed by atoms with van der Waals surface area (Å²) in [6, 6.07) is 8.39. The van der Waals surface area contributed by atoms with E-state index in [9.17, 15) is 9.59 Å². The molecule has 1 aromatic carbocycles. The third kappa shape index (κ3) is 3.73. The number of aromatic carboxylic acids is 1. The molecular weight excluding hydrogens is 318 g/mol. The van der Waals surface area contributed by atoms with Crippen LogP contribution in [0.5, 0.6) is 0 Å². The second-order valence-corrected chi connectivity index (χ2v) is 7.04.